The van der Waals surface area contributed by atoms with Gasteiger partial charge in [0.15, 0.2) is 0 Å². The quantitative estimate of drug-likeness (QED) is 0.400. The highest BCUT2D eigenvalue weighted by molar-refractivity contribution is 6.00. The number of aromatic nitrogens is 3. The molecule has 39 heavy (non-hydrogen) atoms. The van der Waals surface area contributed by atoms with Crippen molar-refractivity contribution in [2.24, 2.45) is 5.41 Å². The number of likely N-dealkylation sites (tertiary alicyclic amines) is 2. The van der Waals surface area contributed by atoms with Crippen LogP contribution in [0.2, 0.25) is 0 Å². The van der Waals surface area contributed by atoms with Gasteiger partial charge in [-0.05, 0) is 55.9 Å². The van der Waals surface area contributed by atoms with Gasteiger partial charge in [0.25, 0.3) is 11.5 Å². The largest absolute Gasteiger partial charge is 0.493 e. The third kappa shape index (κ3) is 4.58. The average molecular weight is 526 g/mol. The summed E-state index contributed by atoms with van der Waals surface area (Å²) in [5, 5.41) is 4.94. The fraction of sp³-hybridized carbons (Fsp3) is 0.333. The molecule has 1 N–H and O–H groups in total. The number of piperidine rings is 1. The smallest absolute Gasteiger partial charge is 0.259 e. The molecule has 1 spiro atoms. The monoisotopic (exact) mass is 525 g/mol. The van der Waals surface area contributed by atoms with Gasteiger partial charge in [0, 0.05) is 37.8 Å². The van der Waals surface area contributed by atoms with E-state index in [9.17, 15) is 14.4 Å². The van der Waals surface area contributed by atoms with E-state index in [1.54, 1.807) is 28.9 Å². The Morgan fingerprint density at radius 3 is 2.54 bits per heavy atom. The second kappa shape index (κ2) is 10.1. The number of carbonyl (C=O) groups excluding carboxylic acids is 2. The zero-order chi connectivity index (χ0) is 27.0. The molecule has 2 saturated heterocycles. The van der Waals surface area contributed by atoms with Gasteiger partial charge in [0.05, 0.1) is 23.7 Å². The summed E-state index contributed by atoms with van der Waals surface area (Å²) >= 11 is 0. The van der Waals surface area contributed by atoms with Crippen molar-refractivity contribution in [3.8, 4) is 5.75 Å². The zero-order valence-corrected chi connectivity index (χ0v) is 21.9. The summed E-state index contributed by atoms with van der Waals surface area (Å²) in [6.07, 6.45) is 7.58. The Bertz CT molecular complexity index is 1640. The number of benzene rings is 2. The fourth-order valence-corrected chi connectivity index (χ4v) is 5.89. The van der Waals surface area contributed by atoms with Gasteiger partial charge < -0.3 is 19.5 Å². The minimum atomic E-state index is -0.238. The van der Waals surface area contributed by atoms with Crippen molar-refractivity contribution in [3.63, 3.8) is 0 Å². The number of para-hydroxylation sites is 2. The molecular formula is C30H31N5O4. The number of hydrogen-bond acceptors (Lipinski definition) is 5. The number of H-pyrrole nitrogens is 1. The number of amides is 2. The number of fused-ring (bicyclic) bond motifs is 3. The Morgan fingerprint density at radius 2 is 1.74 bits per heavy atom. The van der Waals surface area contributed by atoms with E-state index in [2.05, 4.69) is 10.1 Å². The summed E-state index contributed by atoms with van der Waals surface area (Å²) in [5.74, 6) is 0.632. The molecule has 2 fully saturated rings. The molecule has 0 radical (unpaired) electrons. The van der Waals surface area contributed by atoms with Crippen LogP contribution >= 0.6 is 0 Å². The van der Waals surface area contributed by atoms with E-state index in [0.717, 1.165) is 30.6 Å². The van der Waals surface area contributed by atoms with Crippen molar-refractivity contribution in [3.05, 3.63) is 82.3 Å². The Labute approximate surface area is 225 Å². The molecule has 9 nitrogen and oxygen atoms in total. The first-order chi connectivity index (χ1) is 19.0. The molecule has 0 bridgehead atoms. The van der Waals surface area contributed by atoms with Crippen molar-refractivity contribution in [1.82, 2.24) is 24.4 Å². The summed E-state index contributed by atoms with van der Waals surface area (Å²) in [7, 11) is 0. The van der Waals surface area contributed by atoms with Gasteiger partial charge in [-0.1, -0.05) is 30.3 Å². The van der Waals surface area contributed by atoms with Crippen molar-refractivity contribution in [2.75, 3.05) is 32.8 Å². The van der Waals surface area contributed by atoms with Crippen molar-refractivity contribution in [1.29, 1.82) is 0 Å². The maximum Gasteiger partial charge on any atom is 0.259 e. The van der Waals surface area contributed by atoms with E-state index in [4.69, 9.17) is 4.74 Å². The lowest BCUT2D eigenvalue weighted by Crippen LogP contribution is -2.44. The molecule has 6 rings (SSSR count). The summed E-state index contributed by atoms with van der Waals surface area (Å²) < 4.78 is 7.28. The first-order valence-corrected chi connectivity index (χ1v) is 13.4. The number of carbonyl (C=O) groups is 2. The molecule has 2 amide bonds. The number of nitrogens with one attached hydrogen (secondary N) is 1. The number of nitrogens with zero attached hydrogens (tertiary/aromatic N) is 4. The van der Waals surface area contributed by atoms with Gasteiger partial charge >= 0.3 is 0 Å². The minimum Gasteiger partial charge on any atom is -0.493 e. The molecule has 9 heteroatoms. The first-order valence-electron chi connectivity index (χ1n) is 13.4. The maximum absolute atomic E-state index is 13.5. The maximum atomic E-state index is 13.5. The number of ether oxygens (including phenoxy) is 1. The lowest BCUT2D eigenvalue weighted by Gasteiger charge is -2.38. The van der Waals surface area contributed by atoms with Crippen LogP contribution in [-0.2, 0) is 4.79 Å². The van der Waals surface area contributed by atoms with Crippen molar-refractivity contribution < 1.29 is 14.3 Å². The van der Waals surface area contributed by atoms with Gasteiger partial charge in [0.2, 0.25) is 5.91 Å². The molecule has 4 aromatic rings. The molecule has 4 heterocycles. The Hall–Kier alpha value is -4.40. The minimum absolute atomic E-state index is 0.000787. The molecular weight excluding hydrogens is 494 g/mol. The second-order valence-electron chi connectivity index (χ2n) is 10.4. The third-order valence-electron chi connectivity index (χ3n) is 8.09. The van der Waals surface area contributed by atoms with E-state index in [1.807, 2.05) is 59.2 Å². The number of aromatic amines is 1. The van der Waals surface area contributed by atoms with Gasteiger partial charge in [-0.25, -0.2) is 4.52 Å². The number of rotatable bonds is 5. The van der Waals surface area contributed by atoms with Crippen LogP contribution in [0.5, 0.6) is 5.75 Å². The van der Waals surface area contributed by atoms with Crippen LogP contribution < -0.4 is 10.3 Å². The topological polar surface area (TPSA) is 100 Å². The fourth-order valence-electron chi connectivity index (χ4n) is 5.89. The average Bonchev–Trinajstić information content (AvgIpc) is 3.57. The molecule has 2 aliphatic rings. The van der Waals surface area contributed by atoms with Gasteiger partial charge in [0.1, 0.15) is 17.0 Å². The summed E-state index contributed by atoms with van der Waals surface area (Å²) in [6.45, 7) is 5.12. The van der Waals surface area contributed by atoms with Crippen LogP contribution in [0.25, 0.3) is 22.6 Å². The molecule has 0 unspecified atom stereocenters. The molecule has 2 aromatic carbocycles. The third-order valence-corrected chi connectivity index (χ3v) is 8.09. The van der Waals surface area contributed by atoms with E-state index in [1.165, 1.54) is 0 Å². The second-order valence-corrected chi connectivity index (χ2v) is 10.4. The predicted molar refractivity (Wildman–Crippen MR) is 149 cm³/mol. The van der Waals surface area contributed by atoms with Crippen molar-refractivity contribution in [2.45, 2.75) is 26.2 Å². The molecule has 200 valence electrons. The van der Waals surface area contributed by atoms with Gasteiger partial charge in [-0.3, -0.25) is 14.4 Å². The van der Waals surface area contributed by atoms with E-state index in [0.29, 0.717) is 54.9 Å². The van der Waals surface area contributed by atoms with Crippen LogP contribution in [0, 0.1) is 5.41 Å². The van der Waals surface area contributed by atoms with E-state index in [-0.39, 0.29) is 22.8 Å². The highest BCUT2D eigenvalue weighted by Gasteiger charge is 2.43. The van der Waals surface area contributed by atoms with Crippen molar-refractivity contribution >= 4 is 34.4 Å². The van der Waals surface area contributed by atoms with E-state index < -0.39 is 0 Å². The lowest BCUT2D eigenvalue weighted by molar-refractivity contribution is -0.128. The highest BCUT2D eigenvalue weighted by atomic mass is 16.5. The number of hydrogen-bond donors (Lipinski definition) is 1. The van der Waals surface area contributed by atoms with Crippen LogP contribution in [0.3, 0.4) is 0 Å². The summed E-state index contributed by atoms with van der Waals surface area (Å²) in [6, 6.07) is 14.9. The molecule has 2 aromatic heterocycles. The van der Waals surface area contributed by atoms with Crippen LogP contribution in [0.1, 0.15) is 42.1 Å². The predicted octanol–water partition coefficient (Wildman–Crippen LogP) is 3.74. The summed E-state index contributed by atoms with van der Waals surface area (Å²) in [5.41, 5.74) is 2.13. The Balaban J connectivity index is 1.12. The highest BCUT2D eigenvalue weighted by Crippen LogP contribution is 2.41. The van der Waals surface area contributed by atoms with Crippen LogP contribution in [0.15, 0.2) is 65.6 Å². The van der Waals surface area contributed by atoms with Crippen LogP contribution in [0.4, 0.5) is 0 Å². The Morgan fingerprint density at radius 1 is 1.03 bits per heavy atom. The zero-order valence-electron chi connectivity index (χ0n) is 21.9. The van der Waals surface area contributed by atoms with Gasteiger partial charge in [-0.2, -0.15) is 5.10 Å². The van der Waals surface area contributed by atoms with Crippen LogP contribution in [-0.4, -0.2) is 69.0 Å². The molecule has 0 saturated carbocycles. The SMILES string of the molecule is CCOc1ccccc1/C=C/C(=O)N1CCC2(CC1)CCN(C(=O)c1cnn3c1[nH]c(=O)c1ccccc13)C2. The molecule has 0 atom stereocenters. The molecule has 2 aliphatic heterocycles. The van der Waals surface area contributed by atoms with E-state index >= 15 is 0 Å². The lowest BCUT2D eigenvalue weighted by atomic mass is 9.78. The first kappa shape index (κ1) is 24.9. The Kier molecular flexibility index (Phi) is 6.42. The standard InChI is InChI=1S/C30H31N5O4/c1-2-39-25-10-6-3-7-21(25)11-12-26(36)33-16-13-30(14-17-33)15-18-34(20-30)29(38)23-19-31-35-24-9-5-4-8-22(24)28(37)32-27(23)35/h3-12,19H,2,13-18,20H2,1H3,(H,32,37)/b12-11+. The van der Waals surface area contributed by atoms with Gasteiger partial charge in [-0.15, -0.1) is 0 Å². The normalized spacial score (nSPS) is 17.1. The molecule has 0 aliphatic carbocycles. The summed E-state index contributed by atoms with van der Waals surface area (Å²) in [4.78, 5) is 45.7.